The van der Waals surface area contributed by atoms with Crippen molar-refractivity contribution in [2.45, 2.75) is 13.0 Å². The largest absolute Gasteiger partial charge is 0.320 e. The second-order valence-corrected chi connectivity index (χ2v) is 4.42. The van der Waals surface area contributed by atoms with Crippen LogP contribution in [0.1, 0.15) is 22.7 Å². The molecule has 2 aromatic carbocycles. The maximum absolute atomic E-state index is 13.2. The first kappa shape index (κ1) is 15.0. The summed E-state index contributed by atoms with van der Waals surface area (Å²) in [6, 6.07) is 12.0. The van der Waals surface area contributed by atoms with Crippen molar-refractivity contribution >= 4 is 24.0 Å². The zero-order chi connectivity index (χ0) is 12.4. The van der Waals surface area contributed by atoms with Gasteiger partial charge in [-0.3, -0.25) is 0 Å². The predicted octanol–water partition coefficient (Wildman–Crippen LogP) is 4.26. The van der Waals surface area contributed by atoms with E-state index in [2.05, 4.69) is 0 Å². The number of halogens is 3. The quantitative estimate of drug-likeness (QED) is 0.877. The van der Waals surface area contributed by atoms with E-state index < -0.39 is 0 Å². The Labute approximate surface area is 117 Å². The molecule has 0 heterocycles. The summed E-state index contributed by atoms with van der Waals surface area (Å²) in [5.74, 6) is -0.222. The van der Waals surface area contributed by atoms with Crippen LogP contribution in [0, 0.1) is 12.7 Å². The summed E-state index contributed by atoms with van der Waals surface area (Å²) in [6.07, 6.45) is 0. The highest BCUT2D eigenvalue weighted by molar-refractivity contribution is 6.31. The second-order valence-electron chi connectivity index (χ2n) is 4.01. The molecule has 18 heavy (non-hydrogen) atoms. The van der Waals surface area contributed by atoms with Crippen molar-refractivity contribution in [3.05, 3.63) is 70.0 Å². The number of benzene rings is 2. The van der Waals surface area contributed by atoms with E-state index in [0.29, 0.717) is 10.6 Å². The molecule has 1 unspecified atom stereocenters. The number of hydrogen-bond donors (Lipinski definition) is 1. The van der Waals surface area contributed by atoms with Crippen LogP contribution >= 0.6 is 24.0 Å². The summed E-state index contributed by atoms with van der Waals surface area (Å²) in [5.41, 5.74) is 8.42. The third kappa shape index (κ3) is 3.02. The van der Waals surface area contributed by atoms with Crippen LogP contribution in [0.2, 0.25) is 5.02 Å². The maximum atomic E-state index is 13.2. The van der Waals surface area contributed by atoms with E-state index >= 15 is 0 Å². The molecule has 0 radical (unpaired) electrons. The van der Waals surface area contributed by atoms with Crippen LogP contribution in [-0.4, -0.2) is 0 Å². The molecule has 0 bridgehead atoms. The van der Waals surface area contributed by atoms with Crippen LogP contribution in [0.15, 0.2) is 42.5 Å². The van der Waals surface area contributed by atoms with Gasteiger partial charge in [0.25, 0.3) is 0 Å². The fraction of sp³-hybridized carbons (Fsp3) is 0.143. The highest BCUT2D eigenvalue weighted by atomic mass is 35.5. The summed E-state index contributed by atoms with van der Waals surface area (Å²) in [7, 11) is 0. The average Bonchev–Trinajstić information content (AvgIpc) is 2.32. The topological polar surface area (TPSA) is 26.0 Å². The number of hydrogen-bond acceptors (Lipinski definition) is 1. The van der Waals surface area contributed by atoms with Gasteiger partial charge in [-0.25, -0.2) is 4.39 Å². The van der Waals surface area contributed by atoms with Gasteiger partial charge in [-0.05, 0) is 35.7 Å². The fourth-order valence-electron chi connectivity index (χ4n) is 1.77. The second kappa shape index (κ2) is 6.19. The third-order valence-corrected chi connectivity index (χ3v) is 3.13. The highest BCUT2D eigenvalue weighted by Crippen LogP contribution is 2.27. The molecule has 2 aromatic rings. The lowest BCUT2D eigenvalue weighted by Crippen LogP contribution is -2.12. The Hall–Kier alpha value is -1.09. The Bertz CT molecular complexity index is 543. The Morgan fingerprint density at radius 2 is 1.83 bits per heavy atom. The van der Waals surface area contributed by atoms with Gasteiger partial charge in [0.15, 0.2) is 0 Å². The van der Waals surface area contributed by atoms with Crippen molar-refractivity contribution in [2.75, 3.05) is 0 Å². The molecular weight excluding hydrogens is 272 g/mol. The molecule has 0 spiro atoms. The molecule has 0 aromatic heterocycles. The van der Waals surface area contributed by atoms with E-state index in [4.69, 9.17) is 17.3 Å². The van der Waals surface area contributed by atoms with Crippen LogP contribution in [0.3, 0.4) is 0 Å². The summed E-state index contributed by atoms with van der Waals surface area (Å²) in [5, 5.41) is 0.627. The first-order valence-corrected chi connectivity index (χ1v) is 5.73. The maximum Gasteiger partial charge on any atom is 0.126 e. The molecule has 1 atom stereocenters. The lowest BCUT2D eigenvalue weighted by atomic mass is 9.98. The van der Waals surface area contributed by atoms with Crippen molar-refractivity contribution in [1.29, 1.82) is 0 Å². The minimum absolute atomic E-state index is 0. The van der Waals surface area contributed by atoms with Gasteiger partial charge in [0.05, 0.1) is 6.04 Å². The van der Waals surface area contributed by atoms with Crippen molar-refractivity contribution in [3.63, 3.8) is 0 Å². The molecule has 0 aliphatic heterocycles. The van der Waals surface area contributed by atoms with E-state index in [9.17, 15) is 4.39 Å². The predicted molar refractivity (Wildman–Crippen MR) is 75.9 cm³/mol. The zero-order valence-electron chi connectivity index (χ0n) is 9.86. The first-order chi connectivity index (χ1) is 8.09. The molecule has 0 saturated carbocycles. The summed E-state index contributed by atoms with van der Waals surface area (Å²) >= 11 is 6.09. The van der Waals surface area contributed by atoms with Crippen LogP contribution in [0.5, 0.6) is 0 Å². The zero-order valence-corrected chi connectivity index (χ0v) is 11.4. The monoisotopic (exact) mass is 285 g/mol. The smallest absolute Gasteiger partial charge is 0.126 e. The van der Waals surface area contributed by atoms with Gasteiger partial charge in [-0.2, -0.15) is 0 Å². The average molecular weight is 286 g/mol. The fourth-order valence-corrected chi connectivity index (χ4v) is 2.02. The minimum Gasteiger partial charge on any atom is -0.320 e. The minimum atomic E-state index is -0.331. The van der Waals surface area contributed by atoms with Crippen molar-refractivity contribution in [1.82, 2.24) is 0 Å². The van der Waals surface area contributed by atoms with Crippen LogP contribution in [-0.2, 0) is 0 Å². The molecule has 0 amide bonds. The van der Waals surface area contributed by atoms with E-state index in [-0.39, 0.29) is 24.3 Å². The lowest BCUT2D eigenvalue weighted by molar-refractivity contribution is 0.617. The van der Waals surface area contributed by atoms with Crippen LogP contribution in [0.25, 0.3) is 0 Å². The van der Waals surface area contributed by atoms with Gasteiger partial charge in [0, 0.05) is 5.02 Å². The Morgan fingerprint density at radius 1 is 1.17 bits per heavy atom. The molecule has 0 aliphatic rings. The highest BCUT2D eigenvalue weighted by Gasteiger charge is 2.12. The Morgan fingerprint density at radius 3 is 2.44 bits per heavy atom. The van der Waals surface area contributed by atoms with Gasteiger partial charge in [0.1, 0.15) is 5.82 Å². The van der Waals surface area contributed by atoms with E-state index in [1.54, 1.807) is 25.1 Å². The molecule has 0 aliphatic carbocycles. The van der Waals surface area contributed by atoms with Crippen LogP contribution < -0.4 is 5.73 Å². The van der Waals surface area contributed by atoms with Gasteiger partial charge >= 0.3 is 0 Å². The molecular formula is C14H14Cl2FN. The summed E-state index contributed by atoms with van der Waals surface area (Å²) in [6.45, 7) is 1.72. The molecule has 1 nitrogen and oxygen atoms in total. The van der Waals surface area contributed by atoms with Crippen molar-refractivity contribution in [2.24, 2.45) is 5.73 Å². The van der Waals surface area contributed by atoms with Gasteiger partial charge in [0.2, 0.25) is 0 Å². The van der Waals surface area contributed by atoms with E-state index in [0.717, 1.165) is 11.1 Å². The molecule has 4 heteroatoms. The number of nitrogens with two attached hydrogens (primary N) is 1. The SMILES string of the molecule is Cc1cc(C(N)c2ccccc2Cl)ccc1F.Cl. The lowest BCUT2D eigenvalue weighted by Gasteiger charge is -2.14. The standard InChI is InChI=1S/C14H13ClFN.ClH/c1-9-8-10(6-7-13(9)16)14(17)11-4-2-3-5-12(11)15;/h2-8,14H,17H2,1H3;1H. The van der Waals surface area contributed by atoms with Gasteiger partial charge in [-0.15, -0.1) is 12.4 Å². The summed E-state index contributed by atoms with van der Waals surface area (Å²) < 4.78 is 13.2. The number of rotatable bonds is 2. The molecule has 96 valence electrons. The van der Waals surface area contributed by atoms with Gasteiger partial charge < -0.3 is 5.73 Å². The first-order valence-electron chi connectivity index (χ1n) is 5.35. The summed E-state index contributed by atoms with van der Waals surface area (Å²) in [4.78, 5) is 0. The molecule has 0 saturated heterocycles. The van der Waals surface area contributed by atoms with Crippen LogP contribution in [0.4, 0.5) is 4.39 Å². The van der Waals surface area contributed by atoms with E-state index in [1.807, 2.05) is 18.2 Å². The van der Waals surface area contributed by atoms with Crippen molar-refractivity contribution in [3.8, 4) is 0 Å². The third-order valence-electron chi connectivity index (χ3n) is 2.78. The molecule has 0 fully saturated rings. The Kier molecular flexibility index (Phi) is 5.15. The van der Waals surface area contributed by atoms with E-state index in [1.165, 1.54) is 6.07 Å². The normalized spacial score (nSPS) is 11.8. The molecule has 2 rings (SSSR count). The van der Waals surface area contributed by atoms with Crippen molar-refractivity contribution < 1.29 is 4.39 Å². The van der Waals surface area contributed by atoms with Gasteiger partial charge in [-0.1, -0.05) is 41.9 Å². The number of aryl methyl sites for hydroxylation is 1. The molecule has 2 N–H and O–H groups in total. The Balaban J connectivity index is 0.00000162.